The number of thiazole rings is 1. The van der Waals surface area contributed by atoms with E-state index in [0.29, 0.717) is 6.54 Å². The molecular weight excluding hydrogens is 341 g/mol. The second kappa shape index (κ2) is 8.48. The maximum Gasteiger partial charge on any atom is 0.251 e. The number of aryl methyl sites for hydroxylation is 1. The number of nitrogens with zero attached hydrogens (tertiary/aromatic N) is 1. The lowest BCUT2D eigenvalue weighted by molar-refractivity contribution is 0.0950. The molecule has 0 saturated carbocycles. The molecule has 0 radical (unpaired) electrons. The molecule has 1 aliphatic rings. The molecule has 120 valence electrons. The van der Waals surface area contributed by atoms with Crippen molar-refractivity contribution < 1.29 is 4.79 Å². The summed E-state index contributed by atoms with van der Waals surface area (Å²) in [7, 11) is 0. The van der Waals surface area contributed by atoms with E-state index in [2.05, 4.69) is 22.5 Å². The van der Waals surface area contributed by atoms with Crippen molar-refractivity contribution in [2.24, 2.45) is 0 Å². The van der Waals surface area contributed by atoms with Gasteiger partial charge in [0.1, 0.15) is 0 Å². The molecule has 0 aliphatic carbocycles. The quantitative estimate of drug-likeness (QED) is 0.881. The molecule has 0 unspecified atom stereocenters. The van der Waals surface area contributed by atoms with E-state index >= 15 is 0 Å². The SMILES string of the molecule is CCc1nc(CNC(=O)c2ccc3c(c2)CNC3)cs1.Cl.Cl. The van der Waals surface area contributed by atoms with Gasteiger partial charge in [-0.05, 0) is 29.7 Å². The molecule has 2 N–H and O–H groups in total. The zero-order valence-corrected chi connectivity index (χ0v) is 14.7. The summed E-state index contributed by atoms with van der Waals surface area (Å²) in [4.78, 5) is 16.6. The van der Waals surface area contributed by atoms with Crippen LogP contribution >= 0.6 is 36.2 Å². The number of benzene rings is 1. The van der Waals surface area contributed by atoms with Crippen LogP contribution < -0.4 is 10.6 Å². The minimum absolute atomic E-state index is 0. The van der Waals surface area contributed by atoms with E-state index < -0.39 is 0 Å². The number of halogens is 2. The largest absolute Gasteiger partial charge is 0.346 e. The Balaban J connectivity index is 0.00000121. The monoisotopic (exact) mass is 359 g/mol. The Morgan fingerprint density at radius 1 is 1.32 bits per heavy atom. The van der Waals surface area contributed by atoms with Gasteiger partial charge in [-0.15, -0.1) is 36.2 Å². The van der Waals surface area contributed by atoms with Gasteiger partial charge in [-0.3, -0.25) is 4.79 Å². The van der Waals surface area contributed by atoms with Crippen LogP contribution in [-0.2, 0) is 26.1 Å². The average Bonchev–Trinajstić information content (AvgIpc) is 3.12. The molecule has 0 fully saturated rings. The summed E-state index contributed by atoms with van der Waals surface area (Å²) in [5, 5.41) is 9.32. The fourth-order valence-corrected chi connectivity index (χ4v) is 3.05. The standard InChI is InChI=1S/C15H17N3OS.2ClH/c1-2-14-18-13(9-20-14)8-17-15(19)10-3-4-11-6-16-7-12(11)5-10;;/h3-5,9,16H,2,6-8H2,1H3,(H,17,19);2*1H. The minimum atomic E-state index is -0.0363. The van der Waals surface area contributed by atoms with Crippen molar-refractivity contribution in [2.45, 2.75) is 33.0 Å². The number of hydrogen-bond donors (Lipinski definition) is 2. The van der Waals surface area contributed by atoms with E-state index in [9.17, 15) is 4.79 Å². The summed E-state index contributed by atoms with van der Waals surface area (Å²) in [5.41, 5.74) is 4.16. The lowest BCUT2D eigenvalue weighted by atomic mass is 10.1. The van der Waals surface area contributed by atoms with Gasteiger partial charge in [0.2, 0.25) is 0 Å². The van der Waals surface area contributed by atoms with E-state index in [1.807, 2.05) is 23.6 Å². The summed E-state index contributed by atoms with van der Waals surface area (Å²) < 4.78 is 0. The van der Waals surface area contributed by atoms with Gasteiger partial charge < -0.3 is 10.6 Å². The second-order valence-corrected chi connectivity index (χ2v) is 5.80. The molecule has 0 spiro atoms. The van der Waals surface area contributed by atoms with Crippen molar-refractivity contribution in [1.29, 1.82) is 0 Å². The highest BCUT2D eigenvalue weighted by Gasteiger charge is 2.13. The highest BCUT2D eigenvalue weighted by molar-refractivity contribution is 7.09. The van der Waals surface area contributed by atoms with Crippen molar-refractivity contribution in [3.63, 3.8) is 0 Å². The topological polar surface area (TPSA) is 54.0 Å². The number of carbonyl (C=O) groups excluding carboxylic acids is 1. The molecule has 2 heterocycles. The number of carbonyl (C=O) groups is 1. The molecule has 3 rings (SSSR count). The summed E-state index contributed by atoms with van der Waals surface area (Å²) in [6, 6.07) is 5.89. The average molecular weight is 360 g/mol. The van der Waals surface area contributed by atoms with Crippen molar-refractivity contribution in [2.75, 3.05) is 0 Å². The molecule has 2 aromatic rings. The molecule has 0 bridgehead atoms. The lowest BCUT2D eigenvalue weighted by Crippen LogP contribution is -2.23. The van der Waals surface area contributed by atoms with Crippen molar-refractivity contribution in [3.8, 4) is 0 Å². The molecule has 1 aliphatic heterocycles. The number of aromatic nitrogens is 1. The zero-order chi connectivity index (χ0) is 13.9. The fourth-order valence-electron chi connectivity index (χ4n) is 2.30. The first-order valence-electron chi connectivity index (χ1n) is 6.80. The van der Waals surface area contributed by atoms with Crippen molar-refractivity contribution in [1.82, 2.24) is 15.6 Å². The van der Waals surface area contributed by atoms with Gasteiger partial charge in [0.25, 0.3) is 5.91 Å². The number of nitrogens with one attached hydrogen (secondary N) is 2. The van der Waals surface area contributed by atoms with Gasteiger partial charge >= 0.3 is 0 Å². The lowest BCUT2D eigenvalue weighted by Gasteiger charge is -2.05. The van der Waals surface area contributed by atoms with Gasteiger partial charge in [0.15, 0.2) is 0 Å². The smallest absolute Gasteiger partial charge is 0.251 e. The Kier molecular flexibility index (Phi) is 7.29. The predicted octanol–water partition coefficient (Wildman–Crippen LogP) is 3.08. The summed E-state index contributed by atoms with van der Waals surface area (Å²) >= 11 is 1.64. The Hall–Kier alpha value is -1.14. The molecule has 1 aromatic carbocycles. The van der Waals surface area contributed by atoms with Crippen LogP contribution in [0.4, 0.5) is 0 Å². The van der Waals surface area contributed by atoms with Gasteiger partial charge in [-0.1, -0.05) is 13.0 Å². The van der Waals surface area contributed by atoms with Gasteiger partial charge in [0.05, 0.1) is 17.2 Å². The Morgan fingerprint density at radius 2 is 2.09 bits per heavy atom. The third-order valence-electron chi connectivity index (χ3n) is 3.43. The molecule has 4 nitrogen and oxygen atoms in total. The highest BCUT2D eigenvalue weighted by Crippen LogP contribution is 2.17. The molecule has 0 saturated heterocycles. The first-order chi connectivity index (χ1) is 9.76. The highest BCUT2D eigenvalue weighted by atomic mass is 35.5. The number of amides is 1. The summed E-state index contributed by atoms with van der Waals surface area (Å²) in [6.45, 7) is 4.32. The third kappa shape index (κ3) is 4.20. The van der Waals surface area contributed by atoms with Crippen molar-refractivity contribution >= 4 is 42.1 Å². The molecule has 0 atom stereocenters. The first-order valence-corrected chi connectivity index (χ1v) is 7.68. The van der Waals surface area contributed by atoms with Crippen LogP contribution in [0.25, 0.3) is 0 Å². The maximum absolute atomic E-state index is 12.1. The second-order valence-electron chi connectivity index (χ2n) is 4.86. The summed E-state index contributed by atoms with van der Waals surface area (Å²) in [5.74, 6) is -0.0363. The molecule has 22 heavy (non-hydrogen) atoms. The number of rotatable bonds is 4. The third-order valence-corrected chi connectivity index (χ3v) is 4.47. The molecule has 1 aromatic heterocycles. The molecular formula is C15H19Cl2N3OS. The van der Waals surface area contributed by atoms with E-state index in [0.717, 1.165) is 35.8 Å². The first kappa shape index (κ1) is 18.9. The normalized spacial score (nSPS) is 12.0. The van der Waals surface area contributed by atoms with E-state index in [4.69, 9.17) is 0 Å². The maximum atomic E-state index is 12.1. The Bertz CT molecular complexity index is 645. The van der Waals surface area contributed by atoms with Crippen LogP contribution in [0, 0.1) is 0 Å². The fraction of sp³-hybridized carbons (Fsp3) is 0.333. The van der Waals surface area contributed by atoms with Crippen molar-refractivity contribution in [3.05, 3.63) is 51.0 Å². The van der Waals surface area contributed by atoms with E-state index in [1.54, 1.807) is 11.3 Å². The number of hydrogen-bond acceptors (Lipinski definition) is 4. The van der Waals surface area contributed by atoms with Gasteiger partial charge in [-0.25, -0.2) is 4.98 Å². The van der Waals surface area contributed by atoms with Crippen LogP contribution in [0.3, 0.4) is 0 Å². The van der Waals surface area contributed by atoms with Crippen LogP contribution in [-0.4, -0.2) is 10.9 Å². The van der Waals surface area contributed by atoms with Crippen LogP contribution in [0.1, 0.15) is 39.1 Å². The zero-order valence-electron chi connectivity index (χ0n) is 12.2. The van der Waals surface area contributed by atoms with Crippen LogP contribution in [0.5, 0.6) is 0 Å². The van der Waals surface area contributed by atoms with Crippen LogP contribution in [0.2, 0.25) is 0 Å². The minimum Gasteiger partial charge on any atom is -0.346 e. The van der Waals surface area contributed by atoms with E-state index in [1.165, 1.54) is 11.1 Å². The summed E-state index contributed by atoms with van der Waals surface area (Å²) in [6.07, 6.45) is 0.941. The predicted molar refractivity (Wildman–Crippen MR) is 94.1 cm³/mol. The van der Waals surface area contributed by atoms with Gasteiger partial charge in [-0.2, -0.15) is 0 Å². The molecule has 1 amide bonds. The Labute approximate surface area is 146 Å². The number of fused-ring (bicyclic) bond motifs is 1. The Morgan fingerprint density at radius 3 is 2.82 bits per heavy atom. The van der Waals surface area contributed by atoms with E-state index in [-0.39, 0.29) is 30.7 Å². The molecule has 7 heteroatoms. The van der Waals surface area contributed by atoms with Crippen LogP contribution in [0.15, 0.2) is 23.6 Å². The van der Waals surface area contributed by atoms with Gasteiger partial charge in [0, 0.05) is 24.0 Å².